The maximum absolute atomic E-state index is 13.1. The van der Waals surface area contributed by atoms with E-state index in [-0.39, 0.29) is 16.9 Å². The van der Waals surface area contributed by atoms with Crippen LogP contribution in [0.25, 0.3) is 11.4 Å². The smallest absolute Gasteiger partial charge is 0.258 e. The van der Waals surface area contributed by atoms with Crippen molar-refractivity contribution in [3.05, 3.63) is 81.7 Å². The number of amides is 2. The Balaban J connectivity index is 1.52. The standard InChI is InChI=1S/C30H33N7O2/c1-16-14-22(33-18(3)24(16)29(39)35-23-9-7-8-17(2)32-23)26-25(27(31)38)28-34-21-11-10-20(30(4,5)6)15-19(21)12-13-37(28)36-26/h7-11,14-15,34H,12-13H2,1-6H3,(H2,31,38)(H,32,35,39). The molecule has 0 saturated heterocycles. The average molecular weight is 524 g/mol. The van der Waals surface area contributed by atoms with E-state index < -0.39 is 5.91 Å². The zero-order chi connectivity index (χ0) is 28.1. The van der Waals surface area contributed by atoms with E-state index in [1.165, 1.54) is 5.56 Å². The fourth-order valence-electron chi connectivity index (χ4n) is 4.99. The number of hydrogen-bond acceptors (Lipinski definition) is 6. The molecule has 0 fully saturated rings. The van der Waals surface area contributed by atoms with Crippen LogP contribution in [0.15, 0.2) is 42.5 Å². The first-order valence-corrected chi connectivity index (χ1v) is 13.0. The lowest BCUT2D eigenvalue weighted by Gasteiger charge is -2.21. The fraction of sp³-hybridized carbons (Fsp3) is 0.300. The van der Waals surface area contributed by atoms with Crippen LogP contribution >= 0.6 is 0 Å². The molecule has 0 atom stereocenters. The van der Waals surface area contributed by atoms with E-state index in [1.807, 2.05) is 32.0 Å². The van der Waals surface area contributed by atoms with Crippen LogP contribution in [-0.2, 0) is 18.4 Å². The number of nitrogens with two attached hydrogens (primary N) is 1. The van der Waals surface area contributed by atoms with Crippen molar-refractivity contribution in [1.29, 1.82) is 0 Å². The normalized spacial score (nSPS) is 12.7. The summed E-state index contributed by atoms with van der Waals surface area (Å²) in [7, 11) is 0. The molecule has 200 valence electrons. The summed E-state index contributed by atoms with van der Waals surface area (Å²) in [5.41, 5.74) is 12.9. The molecule has 4 aromatic rings. The first kappa shape index (κ1) is 26.1. The highest BCUT2D eigenvalue weighted by Gasteiger charge is 2.28. The summed E-state index contributed by atoms with van der Waals surface area (Å²) >= 11 is 0. The molecule has 4 N–H and O–H groups in total. The van der Waals surface area contributed by atoms with Gasteiger partial charge < -0.3 is 16.4 Å². The number of carbonyl (C=O) groups excluding carboxylic acids is 2. The number of benzene rings is 1. The van der Waals surface area contributed by atoms with Gasteiger partial charge in [-0.25, -0.2) is 9.67 Å². The minimum Gasteiger partial charge on any atom is -0.365 e. The zero-order valence-corrected chi connectivity index (χ0v) is 23.1. The predicted molar refractivity (Wildman–Crippen MR) is 153 cm³/mol. The summed E-state index contributed by atoms with van der Waals surface area (Å²) in [6.45, 7) is 12.6. The van der Waals surface area contributed by atoms with E-state index in [2.05, 4.69) is 53.5 Å². The van der Waals surface area contributed by atoms with Crippen molar-refractivity contribution < 1.29 is 9.59 Å². The molecule has 3 aromatic heterocycles. The number of aryl methyl sites for hydroxylation is 5. The third-order valence-corrected chi connectivity index (χ3v) is 7.01. The first-order valence-electron chi connectivity index (χ1n) is 13.0. The number of fused-ring (bicyclic) bond motifs is 2. The highest BCUT2D eigenvalue weighted by Crippen LogP contribution is 2.36. The molecule has 0 bridgehead atoms. The number of nitrogens with one attached hydrogen (secondary N) is 2. The number of hydrogen-bond donors (Lipinski definition) is 3. The van der Waals surface area contributed by atoms with Crippen LogP contribution in [-0.4, -0.2) is 31.6 Å². The molecule has 0 spiro atoms. The molecule has 1 aliphatic heterocycles. The molecule has 5 rings (SSSR count). The molecule has 4 heterocycles. The predicted octanol–water partition coefficient (Wildman–Crippen LogP) is 5.21. The Labute approximate surface area is 227 Å². The van der Waals surface area contributed by atoms with Crippen LogP contribution in [0.3, 0.4) is 0 Å². The zero-order valence-electron chi connectivity index (χ0n) is 23.1. The molecule has 0 saturated carbocycles. The van der Waals surface area contributed by atoms with Gasteiger partial charge in [0, 0.05) is 17.9 Å². The molecule has 9 nitrogen and oxygen atoms in total. The van der Waals surface area contributed by atoms with Crippen molar-refractivity contribution >= 4 is 29.1 Å². The number of anilines is 3. The maximum Gasteiger partial charge on any atom is 0.258 e. The SMILES string of the molecule is Cc1cccc(NC(=O)c2c(C)cc(-c3nn4c(c3C(N)=O)Nc3ccc(C(C)(C)C)cc3CC4)nc2C)n1. The van der Waals surface area contributed by atoms with Gasteiger partial charge in [-0.15, -0.1) is 0 Å². The van der Waals surface area contributed by atoms with Gasteiger partial charge in [-0.3, -0.25) is 14.6 Å². The summed E-state index contributed by atoms with van der Waals surface area (Å²) in [6, 6.07) is 13.6. The van der Waals surface area contributed by atoms with Gasteiger partial charge in [0.2, 0.25) is 0 Å². The second kappa shape index (κ2) is 9.65. The van der Waals surface area contributed by atoms with Gasteiger partial charge in [-0.1, -0.05) is 39.0 Å². The molecule has 1 aliphatic rings. The van der Waals surface area contributed by atoms with E-state index in [4.69, 9.17) is 10.8 Å². The molecule has 9 heteroatoms. The van der Waals surface area contributed by atoms with E-state index in [0.29, 0.717) is 46.4 Å². The van der Waals surface area contributed by atoms with Crippen LogP contribution in [0.2, 0.25) is 0 Å². The van der Waals surface area contributed by atoms with Crippen molar-refractivity contribution in [2.24, 2.45) is 5.73 Å². The van der Waals surface area contributed by atoms with Gasteiger partial charge in [-0.2, -0.15) is 5.10 Å². The van der Waals surface area contributed by atoms with Crippen molar-refractivity contribution in [2.75, 3.05) is 10.6 Å². The molecule has 39 heavy (non-hydrogen) atoms. The lowest BCUT2D eigenvalue weighted by molar-refractivity contribution is 0.0998. The number of nitrogens with zero attached hydrogens (tertiary/aromatic N) is 4. The quantitative estimate of drug-likeness (QED) is 0.337. The summed E-state index contributed by atoms with van der Waals surface area (Å²) in [4.78, 5) is 34.9. The van der Waals surface area contributed by atoms with Crippen molar-refractivity contribution in [3.8, 4) is 11.4 Å². The van der Waals surface area contributed by atoms with E-state index in [0.717, 1.165) is 23.4 Å². The molecule has 0 unspecified atom stereocenters. The first-order chi connectivity index (χ1) is 18.4. The highest BCUT2D eigenvalue weighted by atomic mass is 16.2. The minimum atomic E-state index is -0.599. The third-order valence-electron chi connectivity index (χ3n) is 7.01. The van der Waals surface area contributed by atoms with Gasteiger partial charge in [0.1, 0.15) is 22.9 Å². The largest absolute Gasteiger partial charge is 0.365 e. The molecule has 1 aromatic carbocycles. The van der Waals surface area contributed by atoms with Crippen LogP contribution in [0.5, 0.6) is 0 Å². The minimum absolute atomic E-state index is 0.0292. The average Bonchev–Trinajstić information content (AvgIpc) is 3.11. The van der Waals surface area contributed by atoms with Gasteiger partial charge in [0.25, 0.3) is 11.8 Å². The second-order valence-corrected chi connectivity index (χ2v) is 11.1. The summed E-state index contributed by atoms with van der Waals surface area (Å²) in [5, 5.41) is 11.0. The third kappa shape index (κ3) is 4.99. The Morgan fingerprint density at radius 2 is 1.79 bits per heavy atom. The van der Waals surface area contributed by atoms with Gasteiger partial charge >= 0.3 is 0 Å². The lowest BCUT2D eigenvalue weighted by Crippen LogP contribution is -2.17. The maximum atomic E-state index is 13.1. The summed E-state index contributed by atoms with van der Waals surface area (Å²) in [5.74, 6) is 0.116. The number of rotatable bonds is 4. The van der Waals surface area contributed by atoms with Crippen LogP contribution in [0.4, 0.5) is 17.3 Å². The van der Waals surface area contributed by atoms with Crippen LogP contribution in [0.1, 0.15) is 69.6 Å². The Kier molecular flexibility index (Phi) is 6.46. The van der Waals surface area contributed by atoms with Crippen LogP contribution < -0.4 is 16.4 Å². The van der Waals surface area contributed by atoms with E-state index >= 15 is 0 Å². The summed E-state index contributed by atoms with van der Waals surface area (Å²) < 4.78 is 1.78. The number of pyridine rings is 2. The highest BCUT2D eigenvalue weighted by molar-refractivity contribution is 6.07. The number of primary amides is 1. The number of carbonyl (C=O) groups is 2. The van der Waals surface area contributed by atoms with E-state index in [9.17, 15) is 9.59 Å². The second-order valence-electron chi connectivity index (χ2n) is 11.1. The fourth-order valence-corrected chi connectivity index (χ4v) is 4.99. The monoisotopic (exact) mass is 523 g/mol. The molecule has 0 aliphatic carbocycles. The Hall–Kier alpha value is -4.53. The Bertz CT molecular complexity index is 1610. The Morgan fingerprint density at radius 3 is 2.46 bits per heavy atom. The Morgan fingerprint density at radius 1 is 1.03 bits per heavy atom. The molecular formula is C30H33N7O2. The topological polar surface area (TPSA) is 128 Å². The molecular weight excluding hydrogens is 490 g/mol. The van der Waals surface area contributed by atoms with Gasteiger partial charge in [0.15, 0.2) is 0 Å². The van der Waals surface area contributed by atoms with Crippen molar-refractivity contribution in [3.63, 3.8) is 0 Å². The van der Waals surface area contributed by atoms with Crippen molar-refractivity contribution in [1.82, 2.24) is 19.7 Å². The van der Waals surface area contributed by atoms with Crippen LogP contribution in [0, 0.1) is 20.8 Å². The molecule has 2 amide bonds. The molecule has 0 radical (unpaired) electrons. The van der Waals surface area contributed by atoms with Gasteiger partial charge in [-0.05, 0) is 73.6 Å². The summed E-state index contributed by atoms with van der Waals surface area (Å²) in [6.07, 6.45) is 0.746. The van der Waals surface area contributed by atoms with Crippen molar-refractivity contribution in [2.45, 2.75) is 59.9 Å². The lowest BCUT2D eigenvalue weighted by atomic mass is 9.85. The van der Waals surface area contributed by atoms with Gasteiger partial charge in [0.05, 0.1) is 17.0 Å². The number of aromatic nitrogens is 4. The van der Waals surface area contributed by atoms with E-state index in [1.54, 1.807) is 23.7 Å².